The van der Waals surface area contributed by atoms with Gasteiger partial charge in [-0.15, -0.1) is 0 Å². The molecule has 3 aromatic carbocycles. The Hall–Kier alpha value is -2.87. The van der Waals surface area contributed by atoms with E-state index in [0.717, 1.165) is 28.7 Å². The second-order valence-corrected chi connectivity index (χ2v) is 9.96. The first kappa shape index (κ1) is 21.4. The van der Waals surface area contributed by atoms with E-state index in [-0.39, 0.29) is 10.8 Å². The molecule has 2 nitrogen and oxygen atoms in total. The largest absolute Gasteiger partial charge is 0.488 e. The van der Waals surface area contributed by atoms with E-state index in [1.165, 1.54) is 29.5 Å². The van der Waals surface area contributed by atoms with E-state index in [9.17, 15) is 4.79 Å². The molecule has 31 heavy (non-hydrogen) atoms. The Morgan fingerprint density at radius 3 is 2.26 bits per heavy atom. The molecule has 3 aromatic rings. The van der Waals surface area contributed by atoms with Crippen LogP contribution < -0.4 is 4.74 Å². The number of hydrogen-bond acceptors (Lipinski definition) is 2. The van der Waals surface area contributed by atoms with E-state index in [4.69, 9.17) is 4.74 Å². The summed E-state index contributed by atoms with van der Waals surface area (Å²) < 4.78 is 6.36. The zero-order chi connectivity index (χ0) is 22.1. The van der Waals surface area contributed by atoms with Gasteiger partial charge >= 0.3 is 0 Å². The number of benzene rings is 3. The predicted octanol–water partition coefficient (Wildman–Crippen LogP) is 7.02. The lowest BCUT2D eigenvalue weighted by Crippen LogP contribution is -2.33. The van der Waals surface area contributed by atoms with Crippen molar-refractivity contribution in [2.75, 3.05) is 0 Å². The molecule has 0 radical (unpaired) electrons. The summed E-state index contributed by atoms with van der Waals surface area (Å²) in [7, 11) is 0. The minimum absolute atomic E-state index is 0.180. The van der Waals surface area contributed by atoms with Crippen molar-refractivity contribution in [2.24, 2.45) is 0 Å². The van der Waals surface area contributed by atoms with Crippen LogP contribution in [0.15, 0.2) is 66.7 Å². The van der Waals surface area contributed by atoms with Crippen molar-refractivity contribution in [1.29, 1.82) is 0 Å². The van der Waals surface area contributed by atoms with Crippen molar-refractivity contribution < 1.29 is 9.53 Å². The highest BCUT2D eigenvalue weighted by atomic mass is 16.5. The van der Waals surface area contributed by atoms with E-state index >= 15 is 0 Å². The van der Waals surface area contributed by atoms with Gasteiger partial charge in [-0.3, -0.25) is 0 Å². The Bertz CT molecular complexity index is 1080. The minimum atomic E-state index is 0.180. The fraction of sp³-hybridized carbons (Fsp3) is 0.345. The van der Waals surface area contributed by atoms with Crippen molar-refractivity contribution >= 4 is 6.29 Å². The molecular formula is C29H32O2. The molecule has 0 N–H and O–H groups in total. The minimum Gasteiger partial charge on any atom is -0.488 e. The highest BCUT2D eigenvalue weighted by Gasteiger charge is 2.36. The zero-order valence-electron chi connectivity index (χ0n) is 19.1. The van der Waals surface area contributed by atoms with E-state index in [0.29, 0.717) is 13.0 Å². The fourth-order valence-electron chi connectivity index (χ4n) is 4.78. The summed E-state index contributed by atoms with van der Waals surface area (Å²) in [4.78, 5) is 11.3. The molecule has 0 fully saturated rings. The number of fused-ring (bicyclic) bond motifs is 1. The molecule has 160 valence electrons. The second kappa shape index (κ2) is 8.34. The smallest absolute Gasteiger partial charge is 0.127 e. The summed E-state index contributed by atoms with van der Waals surface area (Å²) >= 11 is 0. The fourth-order valence-corrected chi connectivity index (χ4v) is 4.78. The number of aldehydes is 1. The summed E-state index contributed by atoms with van der Waals surface area (Å²) in [5.74, 6) is 0.822. The molecule has 0 aliphatic heterocycles. The highest BCUT2D eigenvalue weighted by Crippen LogP contribution is 2.46. The molecular weight excluding hydrogens is 380 g/mol. The van der Waals surface area contributed by atoms with Gasteiger partial charge in [0.15, 0.2) is 0 Å². The van der Waals surface area contributed by atoms with E-state index in [1.807, 2.05) is 36.4 Å². The SMILES string of the molecule is CC1(C)CCC(C)(C)c2cc(COc3cccc(CC=O)c3-c3ccccc3)ccc21. The standard InChI is InChI=1S/C29H32O2/c1-28(2)16-17-29(3,4)25-19-21(13-14-24(25)28)20-31-26-12-8-11-23(15-18-30)27(26)22-9-6-5-7-10-22/h5-14,18-19H,15-17,20H2,1-4H3. The molecule has 0 atom stereocenters. The summed E-state index contributed by atoms with van der Waals surface area (Å²) in [5, 5.41) is 0. The van der Waals surface area contributed by atoms with Crippen molar-refractivity contribution in [3.8, 4) is 16.9 Å². The van der Waals surface area contributed by atoms with Gasteiger partial charge < -0.3 is 9.53 Å². The number of hydrogen-bond donors (Lipinski definition) is 0. The van der Waals surface area contributed by atoms with Crippen LogP contribution in [0.1, 0.15) is 62.8 Å². The third kappa shape index (κ3) is 4.30. The van der Waals surface area contributed by atoms with Crippen LogP contribution in [0.5, 0.6) is 5.75 Å². The van der Waals surface area contributed by atoms with Gasteiger partial charge in [0.1, 0.15) is 18.6 Å². The Morgan fingerprint density at radius 1 is 0.839 bits per heavy atom. The first-order valence-corrected chi connectivity index (χ1v) is 11.2. The molecule has 2 heteroatoms. The van der Waals surface area contributed by atoms with Crippen molar-refractivity contribution in [3.63, 3.8) is 0 Å². The Balaban J connectivity index is 1.66. The summed E-state index contributed by atoms with van der Waals surface area (Å²) in [6, 6.07) is 23.0. The predicted molar refractivity (Wildman–Crippen MR) is 128 cm³/mol. The molecule has 0 unspecified atom stereocenters. The molecule has 0 heterocycles. The van der Waals surface area contributed by atoms with E-state index < -0.39 is 0 Å². The number of ether oxygens (including phenoxy) is 1. The summed E-state index contributed by atoms with van der Waals surface area (Å²) in [5.41, 5.74) is 7.57. The molecule has 0 saturated heterocycles. The Labute approximate surface area is 186 Å². The summed E-state index contributed by atoms with van der Waals surface area (Å²) in [6.07, 6.45) is 3.75. The average Bonchev–Trinajstić information content (AvgIpc) is 2.76. The van der Waals surface area contributed by atoms with Crippen LogP contribution in [-0.4, -0.2) is 6.29 Å². The summed E-state index contributed by atoms with van der Waals surface area (Å²) in [6.45, 7) is 9.90. The number of carbonyl (C=O) groups excluding carboxylic acids is 1. The maximum Gasteiger partial charge on any atom is 0.127 e. The van der Waals surface area contributed by atoms with Crippen LogP contribution in [-0.2, 0) is 28.7 Å². The van der Waals surface area contributed by atoms with Gasteiger partial charge in [-0.1, -0.05) is 88.4 Å². The van der Waals surface area contributed by atoms with Gasteiger partial charge in [-0.2, -0.15) is 0 Å². The van der Waals surface area contributed by atoms with Crippen LogP contribution in [0.2, 0.25) is 0 Å². The van der Waals surface area contributed by atoms with Gasteiger partial charge in [0.25, 0.3) is 0 Å². The first-order chi connectivity index (χ1) is 14.8. The molecule has 4 rings (SSSR count). The van der Waals surface area contributed by atoms with Crippen LogP contribution in [0.25, 0.3) is 11.1 Å². The van der Waals surface area contributed by atoms with Crippen molar-refractivity contribution in [2.45, 2.75) is 64.4 Å². The van der Waals surface area contributed by atoms with Crippen LogP contribution in [0.4, 0.5) is 0 Å². The highest BCUT2D eigenvalue weighted by molar-refractivity contribution is 5.76. The van der Waals surface area contributed by atoms with Gasteiger partial charge in [-0.05, 0) is 57.6 Å². The van der Waals surface area contributed by atoms with E-state index in [1.54, 1.807) is 0 Å². The third-order valence-electron chi connectivity index (χ3n) is 6.79. The third-order valence-corrected chi connectivity index (χ3v) is 6.79. The zero-order valence-corrected chi connectivity index (χ0v) is 19.1. The molecule has 0 saturated carbocycles. The number of carbonyl (C=O) groups is 1. The maximum atomic E-state index is 11.3. The number of rotatable bonds is 6. The lowest BCUT2D eigenvalue weighted by molar-refractivity contribution is -0.107. The molecule has 0 bridgehead atoms. The lowest BCUT2D eigenvalue weighted by Gasteiger charge is -2.42. The normalized spacial score (nSPS) is 16.4. The quantitative estimate of drug-likeness (QED) is 0.407. The lowest BCUT2D eigenvalue weighted by atomic mass is 9.63. The molecule has 1 aliphatic rings. The second-order valence-electron chi connectivity index (χ2n) is 9.96. The molecule has 0 amide bonds. The van der Waals surface area contributed by atoms with Gasteiger partial charge in [0, 0.05) is 12.0 Å². The monoisotopic (exact) mass is 412 g/mol. The van der Waals surface area contributed by atoms with Crippen LogP contribution in [0, 0.1) is 0 Å². The Morgan fingerprint density at radius 2 is 1.55 bits per heavy atom. The Kier molecular flexibility index (Phi) is 5.75. The van der Waals surface area contributed by atoms with Gasteiger partial charge in [0.05, 0.1) is 0 Å². The molecule has 1 aliphatic carbocycles. The maximum absolute atomic E-state index is 11.3. The topological polar surface area (TPSA) is 26.3 Å². The first-order valence-electron chi connectivity index (χ1n) is 11.2. The molecule has 0 spiro atoms. The van der Waals surface area contributed by atoms with Crippen LogP contribution >= 0.6 is 0 Å². The van der Waals surface area contributed by atoms with Crippen molar-refractivity contribution in [3.05, 3.63) is 89.0 Å². The van der Waals surface area contributed by atoms with E-state index in [2.05, 4.69) is 58.0 Å². The van der Waals surface area contributed by atoms with Gasteiger partial charge in [-0.25, -0.2) is 0 Å². The van der Waals surface area contributed by atoms with Gasteiger partial charge in [0.2, 0.25) is 0 Å². The molecule has 0 aromatic heterocycles. The average molecular weight is 413 g/mol. The van der Waals surface area contributed by atoms with Crippen LogP contribution in [0.3, 0.4) is 0 Å². The van der Waals surface area contributed by atoms with Crippen molar-refractivity contribution in [1.82, 2.24) is 0 Å².